The monoisotopic (exact) mass is 549 g/mol. The predicted octanol–water partition coefficient (Wildman–Crippen LogP) is 3.62. The van der Waals surface area contributed by atoms with Crippen molar-refractivity contribution in [3.8, 4) is 5.69 Å². The Morgan fingerprint density at radius 2 is 1.72 bits per heavy atom. The second kappa shape index (κ2) is 10.0. The van der Waals surface area contributed by atoms with Gasteiger partial charge in [0.1, 0.15) is 5.82 Å². The van der Waals surface area contributed by atoms with Gasteiger partial charge < -0.3 is 15.6 Å². The Bertz CT molecular complexity index is 1690. The summed E-state index contributed by atoms with van der Waals surface area (Å²) in [5.74, 6) is -0.657. The molecule has 3 aromatic carbocycles. The summed E-state index contributed by atoms with van der Waals surface area (Å²) in [5.41, 5.74) is -0.855. The van der Waals surface area contributed by atoms with Gasteiger partial charge in [-0.3, -0.25) is 4.79 Å². The lowest BCUT2D eigenvalue weighted by molar-refractivity contribution is 0.256. The van der Waals surface area contributed by atoms with Crippen molar-refractivity contribution in [1.29, 1.82) is 0 Å². The second-order valence-corrected chi connectivity index (χ2v) is 10.1. The van der Waals surface area contributed by atoms with Crippen LogP contribution in [0, 0.1) is 5.82 Å². The van der Waals surface area contributed by atoms with Gasteiger partial charge in [0.15, 0.2) is 0 Å². The number of sulfonamides is 1. The number of H-pyrrole nitrogens is 1. The zero-order valence-electron chi connectivity index (χ0n) is 18.3. The first-order valence-corrected chi connectivity index (χ1v) is 13.2. The average molecular weight is 550 g/mol. The van der Waals surface area contributed by atoms with Crippen LogP contribution in [0.1, 0.15) is 0 Å². The lowest BCUT2D eigenvalue weighted by atomic mass is 10.2. The zero-order valence-corrected chi connectivity index (χ0v) is 20.7. The number of benzene rings is 3. The number of nitrogens with one attached hydrogen (secondary N) is 4. The SMILES string of the molecule is CNc1cc2[nH]c(=O)n(-c3ccc(NC(=O)NS(=O)(=O)c4ccc(SCl)cc4)cc3)c(=O)c2cc1F. The molecule has 186 valence electrons. The number of amides is 2. The third kappa shape index (κ3) is 5.08. The molecule has 4 rings (SSSR count). The molecular formula is C22H17ClFN5O5S2. The van der Waals surface area contributed by atoms with Gasteiger partial charge in [0.2, 0.25) is 0 Å². The van der Waals surface area contributed by atoms with Crippen LogP contribution >= 0.6 is 21.7 Å². The highest BCUT2D eigenvalue weighted by molar-refractivity contribution is 8.21. The molecule has 10 nitrogen and oxygen atoms in total. The minimum atomic E-state index is -4.14. The number of urea groups is 1. The predicted molar refractivity (Wildman–Crippen MR) is 137 cm³/mol. The van der Waals surface area contributed by atoms with Crippen molar-refractivity contribution in [2.45, 2.75) is 9.79 Å². The maximum absolute atomic E-state index is 14.2. The number of carbonyl (C=O) groups excluding carboxylic acids is 1. The van der Waals surface area contributed by atoms with E-state index >= 15 is 0 Å². The second-order valence-electron chi connectivity index (χ2n) is 7.35. The van der Waals surface area contributed by atoms with Gasteiger partial charge in [-0.1, -0.05) is 0 Å². The fourth-order valence-electron chi connectivity index (χ4n) is 3.37. The Morgan fingerprint density at radius 3 is 2.33 bits per heavy atom. The zero-order chi connectivity index (χ0) is 26.0. The molecule has 14 heteroatoms. The number of hydrogen-bond donors (Lipinski definition) is 4. The molecule has 4 N–H and O–H groups in total. The molecule has 0 aliphatic rings. The summed E-state index contributed by atoms with van der Waals surface area (Å²) in [5, 5.41) is 4.97. The number of rotatable bonds is 6. The Labute approximate surface area is 212 Å². The van der Waals surface area contributed by atoms with E-state index in [1.807, 2.05) is 4.72 Å². The van der Waals surface area contributed by atoms with E-state index in [-0.39, 0.29) is 32.9 Å². The van der Waals surface area contributed by atoms with Crippen molar-refractivity contribution in [2.75, 3.05) is 17.7 Å². The van der Waals surface area contributed by atoms with E-state index in [2.05, 4.69) is 15.6 Å². The van der Waals surface area contributed by atoms with E-state index in [0.29, 0.717) is 4.90 Å². The summed E-state index contributed by atoms with van der Waals surface area (Å²) < 4.78 is 41.7. The largest absolute Gasteiger partial charge is 0.386 e. The third-order valence-electron chi connectivity index (χ3n) is 5.09. The maximum atomic E-state index is 14.2. The number of halogens is 2. The highest BCUT2D eigenvalue weighted by atomic mass is 35.7. The first kappa shape index (κ1) is 25.3. The van der Waals surface area contributed by atoms with Gasteiger partial charge >= 0.3 is 11.7 Å². The summed E-state index contributed by atoms with van der Waals surface area (Å²) >= 11 is 0. The van der Waals surface area contributed by atoms with E-state index in [1.165, 1.54) is 61.6 Å². The summed E-state index contributed by atoms with van der Waals surface area (Å²) in [4.78, 5) is 40.8. The van der Waals surface area contributed by atoms with Crippen LogP contribution in [0.25, 0.3) is 16.6 Å². The number of carbonyl (C=O) groups is 1. The fraction of sp³-hybridized carbons (Fsp3) is 0.0455. The van der Waals surface area contributed by atoms with Crippen molar-refractivity contribution in [3.05, 3.63) is 87.3 Å². The first-order valence-electron chi connectivity index (χ1n) is 10.1. The summed E-state index contributed by atoms with van der Waals surface area (Å²) in [7, 11) is 3.90. The lowest BCUT2D eigenvalue weighted by Gasteiger charge is -2.11. The van der Waals surface area contributed by atoms with Crippen LogP contribution in [0.2, 0.25) is 0 Å². The van der Waals surface area contributed by atoms with Gasteiger partial charge in [-0.2, -0.15) is 0 Å². The fourth-order valence-corrected chi connectivity index (χ4v) is 4.82. The van der Waals surface area contributed by atoms with Crippen LogP contribution < -0.4 is 26.6 Å². The average Bonchev–Trinajstić information content (AvgIpc) is 2.85. The topological polar surface area (TPSA) is 142 Å². The number of fused-ring (bicyclic) bond motifs is 1. The first-order chi connectivity index (χ1) is 17.1. The molecule has 0 saturated heterocycles. The number of aromatic amines is 1. The Balaban J connectivity index is 1.55. The minimum absolute atomic E-state index is 0.0319. The van der Waals surface area contributed by atoms with Gasteiger partial charge in [-0.05, 0) is 82.3 Å². The molecule has 2 amide bonds. The molecule has 0 spiro atoms. The molecule has 0 saturated carbocycles. The number of anilines is 2. The molecule has 0 aliphatic carbocycles. The van der Waals surface area contributed by atoms with Crippen LogP contribution in [0.5, 0.6) is 0 Å². The van der Waals surface area contributed by atoms with Crippen LogP contribution in [-0.4, -0.2) is 31.0 Å². The number of hydrogen-bond acceptors (Lipinski definition) is 7. The molecule has 36 heavy (non-hydrogen) atoms. The normalized spacial score (nSPS) is 11.3. The van der Waals surface area contributed by atoms with Crippen LogP contribution in [0.3, 0.4) is 0 Å². The van der Waals surface area contributed by atoms with E-state index in [9.17, 15) is 27.2 Å². The Kier molecular flexibility index (Phi) is 7.06. The molecule has 4 aromatic rings. The Hall–Kier alpha value is -3.81. The van der Waals surface area contributed by atoms with Crippen molar-refractivity contribution < 1.29 is 17.6 Å². The molecule has 0 fully saturated rings. The van der Waals surface area contributed by atoms with Crippen molar-refractivity contribution in [3.63, 3.8) is 0 Å². The van der Waals surface area contributed by atoms with Crippen molar-refractivity contribution in [2.24, 2.45) is 0 Å². The van der Waals surface area contributed by atoms with Gasteiger partial charge in [0.25, 0.3) is 15.6 Å². The van der Waals surface area contributed by atoms with E-state index < -0.39 is 33.1 Å². The molecule has 1 heterocycles. The summed E-state index contributed by atoms with van der Waals surface area (Å²) in [6.07, 6.45) is 0. The smallest absolute Gasteiger partial charge is 0.333 e. The highest BCUT2D eigenvalue weighted by Crippen LogP contribution is 2.23. The molecule has 0 unspecified atom stereocenters. The van der Waals surface area contributed by atoms with Crippen LogP contribution in [0.4, 0.5) is 20.6 Å². The van der Waals surface area contributed by atoms with Crippen LogP contribution in [0.15, 0.2) is 80.0 Å². The maximum Gasteiger partial charge on any atom is 0.333 e. The molecule has 0 bridgehead atoms. The molecule has 1 aromatic heterocycles. The minimum Gasteiger partial charge on any atom is -0.386 e. The van der Waals surface area contributed by atoms with Gasteiger partial charge in [-0.15, -0.1) is 0 Å². The number of nitrogens with zero attached hydrogens (tertiary/aromatic N) is 1. The molecule has 0 radical (unpaired) electrons. The summed E-state index contributed by atoms with van der Waals surface area (Å²) in [6, 6.07) is 12.4. The molecule has 0 atom stereocenters. The summed E-state index contributed by atoms with van der Waals surface area (Å²) in [6.45, 7) is 0. The quantitative estimate of drug-likeness (QED) is 0.288. The third-order valence-corrected chi connectivity index (χ3v) is 7.42. The lowest BCUT2D eigenvalue weighted by Crippen LogP contribution is -2.34. The van der Waals surface area contributed by atoms with Crippen LogP contribution in [-0.2, 0) is 10.0 Å². The van der Waals surface area contributed by atoms with Crippen molar-refractivity contribution >= 4 is 60.0 Å². The standard InChI is InChI=1S/C22H17ClFN5O5S2/c1-25-19-11-18-16(10-17(19)24)20(30)29(22(32)27-18)13-4-2-12(3-5-13)26-21(31)28-36(33,34)15-8-6-14(35-23)7-9-15/h2-11,25H,1H3,(H,27,32)(H2,26,28,31). The number of aromatic nitrogens is 2. The van der Waals surface area contributed by atoms with Gasteiger partial charge in [0, 0.05) is 17.6 Å². The molecule has 0 aliphatic heterocycles. The van der Waals surface area contributed by atoms with E-state index in [4.69, 9.17) is 10.7 Å². The van der Waals surface area contributed by atoms with Crippen molar-refractivity contribution in [1.82, 2.24) is 14.3 Å². The molecular weight excluding hydrogens is 533 g/mol. The van der Waals surface area contributed by atoms with Gasteiger partial charge in [0.05, 0.1) is 27.2 Å². The van der Waals surface area contributed by atoms with E-state index in [1.54, 1.807) is 0 Å². The Morgan fingerprint density at radius 1 is 1.06 bits per heavy atom. The van der Waals surface area contributed by atoms with E-state index in [0.717, 1.165) is 21.6 Å². The van der Waals surface area contributed by atoms with Gasteiger partial charge in [-0.25, -0.2) is 31.7 Å². The highest BCUT2D eigenvalue weighted by Gasteiger charge is 2.18.